The SMILES string of the molecule is Nc1c(Nc2ccc(Cl)cc2Cl)ncnc1N1CCN(c2ccccn2)CC1. The summed E-state index contributed by atoms with van der Waals surface area (Å²) in [7, 11) is 0. The van der Waals surface area contributed by atoms with E-state index in [-0.39, 0.29) is 0 Å². The summed E-state index contributed by atoms with van der Waals surface area (Å²) in [4.78, 5) is 17.5. The molecule has 1 aromatic carbocycles. The molecule has 28 heavy (non-hydrogen) atoms. The molecule has 0 amide bonds. The second-order valence-electron chi connectivity index (χ2n) is 6.37. The molecule has 1 fully saturated rings. The van der Waals surface area contributed by atoms with Crippen molar-refractivity contribution in [2.24, 2.45) is 0 Å². The monoisotopic (exact) mass is 415 g/mol. The average Bonchev–Trinajstić information content (AvgIpc) is 2.72. The van der Waals surface area contributed by atoms with Gasteiger partial charge in [-0.3, -0.25) is 0 Å². The zero-order valence-electron chi connectivity index (χ0n) is 15.0. The Kier molecular flexibility index (Phi) is 5.36. The van der Waals surface area contributed by atoms with E-state index in [4.69, 9.17) is 28.9 Å². The minimum atomic E-state index is 0.486. The minimum absolute atomic E-state index is 0.486. The molecule has 144 valence electrons. The normalized spacial score (nSPS) is 14.2. The number of piperazine rings is 1. The van der Waals surface area contributed by atoms with Crippen LogP contribution in [-0.4, -0.2) is 41.1 Å². The van der Waals surface area contributed by atoms with Gasteiger partial charge in [-0.15, -0.1) is 0 Å². The molecule has 9 heteroatoms. The van der Waals surface area contributed by atoms with Crippen LogP contribution in [0.3, 0.4) is 0 Å². The fourth-order valence-corrected chi connectivity index (χ4v) is 3.60. The molecular weight excluding hydrogens is 397 g/mol. The van der Waals surface area contributed by atoms with Gasteiger partial charge in [-0.2, -0.15) is 0 Å². The van der Waals surface area contributed by atoms with E-state index in [0.29, 0.717) is 33.1 Å². The molecule has 3 heterocycles. The number of aromatic nitrogens is 3. The Morgan fingerprint density at radius 1 is 0.929 bits per heavy atom. The van der Waals surface area contributed by atoms with Gasteiger partial charge in [0.1, 0.15) is 17.8 Å². The zero-order valence-corrected chi connectivity index (χ0v) is 16.5. The van der Waals surface area contributed by atoms with Crippen LogP contribution < -0.4 is 20.9 Å². The molecule has 3 N–H and O–H groups in total. The maximum absolute atomic E-state index is 6.36. The third-order valence-corrected chi connectivity index (χ3v) is 5.15. The van der Waals surface area contributed by atoms with Gasteiger partial charge >= 0.3 is 0 Å². The van der Waals surface area contributed by atoms with Crippen molar-refractivity contribution >= 4 is 52.0 Å². The first-order chi connectivity index (χ1) is 13.6. The highest BCUT2D eigenvalue weighted by molar-refractivity contribution is 6.36. The number of hydrogen-bond acceptors (Lipinski definition) is 7. The Balaban J connectivity index is 1.49. The fourth-order valence-electron chi connectivity index (χ4n) is 3.14. The van der Waals surface area contributed by atoms with Crippen molar-refractivity contribution in [2.75, 3.05) is 47.0 Å². The molecule has 0 saturated carbocycles. The van der Waals surface area contributed by atoms with E-state index in [1.54, 1.807) is 18.2 Å². The summed E-state index contributed by atoms with van der Waals surface area (Å²) in [6.07, 6.45) is 3.31. The maximum Gasteiger partial charge on any atom is 0.159 e. The Labute approximate surface area is 173 Å². The molecule has 0 aliphatic carbocycles. The summed E-state index contributed by atoms with van der Waals surface area (Å²) in [5.41, 5.74) is 7.53. The van der Waals surface area contributed by atoms with E-state index in [1.807, 2.05) is 24.4 Å². The van der Waals surface area contributed by atoms with E-state index >= 15 is 0 Å². The van der Waals surface area contributed by atoms with Crippen LogP contribution in [0.5, 0.6) is 0 Å². The van der Waals surface area contributed by atoms with E-state index in [1.165, 1.54) is 6.33 Å². The van der Waals surface area contributed by atoms with Crippen LogP contribution in [0.2, 0.25) is 10.0 Å². The Hall–Kier alpha value is -2.77. The molecule has 0 atom stereocenters. The zero-order chi connectivity index (χ0) is 19.5. The van der Waals surface area contributed by atoms with Gasteiger partial charge in [0.15, 0.2) is 11.6 Å². The van der Waals surface area contributed by atoms with E-state index in [0.717, 1.165) is 32.0 Å². The maximum atomic E-state index is 6.36. The van der Waals surface area contributed by atoms with Gasteiger partial charge in [0.2, 0.25) is 0 Å². The summed E-state index contributed by atoms with van der Waals surface area (Å²) in [5.74, 6) is 2.21. The van der Waals surface area contributed by atoms with Crippen molar-refractivity contribution in [3.63, 3.8) is 0 Å². The molecule has 0 unspecified atom stereocenters. The van der Waals surface area contributed by atoms with Crippen molar-refractivity contribution in [2.45, 2.75) is 0 Å². The van der Waals surface area contributed by atoms with Gasteiger partial charge in [0.25, 0.3) is 0 Å². The Morgan fingerprint density at radius 2 is 1.71 bits per heavy atom. The lowest BCUT2D eigenvalue weighted by Crippen LogP contribution is -2.47. The van der Waals surface area contributed by atoms with E-state index < -0.39 is 0 Å². The molecule has 0 bridgehead atoms. The number of benzene rings is 1. The molecular formula is C19H19Cl2N7. The summed E-state index contributed by atoms with van der Waals surface area (Å²) in [6.45, 7) is 3.26. The smallest absolute Gasteiger partial charge is 0.159 e. The van der Waals surface area contributed by atoms with Gasteiger partial charge < -0.3 is 20.9 Å². The predicted octanol–water partition coefficient (Wildman–Crippen LogP) is 3.83. The lowest BCUT2D eigenvalue weighted by molar-refractivity contribution is 0.642. The number of rotatable bonds is 4. The van der Waals surface area contributed by atoms with Crippen molar-refractivity contribution in [1.29, 1.82) is 0 Å². The number of halogens is 2. The Morgan fingerprint density at radius 3 is 2.43 bits per heavy atom. The first-order valence-electron chi connectivity index (χ1n) is 8.85. The summed E-state index contributed by atoms with van der Waals surface area (Å²) >= 11 is 12.2. The number of nitrogens with two attached hydrogens (primary N) is 1. The topological polar surface area (TPSA) is 83.2 Å². The highest BCUT2D eigenvalue weighted by atomic mass is 35.5. The largest absolute Gasteiger partial charge is 0.393 e. The standard InChI is InChI=1S/C19H19Cl2N7/c20-13-4-5-15(14(21)11-13)26-18-17(22)19(25-12-24-18)28-9-7-27(8-10-28)16-3-1-2-6-23-16/h1-6,11-12H,7-10,22H2,(H,24,25,26). The second kappa shape index (κ2) is 8.08. The van der Waals surface area contributed by atoms with E-state index in [9.17, 15) is 0 Å². The minimum Gasteiger partial charge on any atom is -0.393 e. The number of hydrogen-bond donors (Lipinski definition) is 2. The quantitative estimate of drug-likeness (QED) is 0.669. The first-order valence-corrected chi connectivity index (χ1v) is 9.61. The number of nitrogen functional groups attached to an aromatic ring is 1. The van der Waals surface area contributed by atoms with E-state index in [2.05, 4.69) is 30.1 Å². The molecule has 2 aromatic heterocycles. The summed E-state index contributed by atoms with van der Waals surface area (Å²) in [6, 6.07) is 11.1. The second-order valence-corrected chi connectivity index (χ2v) is 7.21. The summed E-state index contributed by atoms with van der Waals surface area (Å²) in [5, 5.41) is 4.23. The first kappa shape index (κ1) is 18.6. The highest BCUT2D eigenvalue weighted by Crippen LogP contribution is 2.33. The number of nitrogens with zero attached hydrogens (tertiary/aromatic N) is 5. The Bertz CT molecular complexity index is 960. The molecule has 0 radical (unpaired) electrons. The molecule has 0 spiro atoms. The number of nitrogens with one attached hydrogen (secondary N) is 1. The van der Waals surface area contributed by atoms with Crippen LogP contribution >= 0.6 is 23.2 Å². The molecule has 1 aliphatic rings. The molecule has 1 aliphatic heterocycles. The summed E-state index contributed by atoms with van der Waals surface area (Å²) < 4.78 is 0. The molecule has 4 rings (SSSR count). The highest BCUT2D eigenvalue weighted by Gasteiger charge is 2.22. The lowest BCUT2D eigenvalue weighted by atomic mass is 10.2. The molecule has 7 nitrogen and oxygen atoms in total. The molecule has 3 aromatic rings. The van der Waals surface area contributed by atoms with Gasteiger partial charge in [-0.25, -0.2) is 15.0 Å². The van der Waals surface area contributed by atoms with Crippen LogP contribution in [-0.2, 0) is 0 Å². The van der Waals surface area contributed by atoms with Crippen LogP contribution in [0.1, 0.15) is 0 Å². The fraction of sp³-hybridized carbons (Fsp3) is 0.211. The van der Waals surface area contributed by atoms with Crippen molar-refractivity contribution < 1.29 is 0 Å². The molecule has 1 saturated heterocycles. The van der Waals surface area contributed by atoms with Crippen molar-refractivity contribution in [3.8, 4) is 0 Å². The predicted molar refractivity (Wildman–Crippen MR) is 115 cm³/mol. The lowest BCUT2D eigenvalue weighted by Gasteiger charge is -2.36. The third kappa shape index (κ3) is 3.90. The van der Waals surface area contributed by atoms with Crippen molar-refractivity contribution in [1.82, 2.24) is 15.0 Å². The van der Waals surface area contributed by atoms with Gasteiger partial charge in [-0.1, -0.05) is 29.3 Å². The third-order valence-electron chi connectivity index (χ3n) is 4.60. The van der Waals surface area contributed by atoms with Crippen LogP contribution in [0, 0.1) is 0 Å². The van der Waals surface area contributed by atoms with Crippen LogP contribution in [0.15, 0.2) is 48.9 Å². The van der Waals surface area contributed by atoms with Crippen LogP contribution in [0.4, 0.5) is 28.8 Å². The van der Waals surface area contributed by atoms with Gasteiger partial charge in [-0.05, 0) is 30.3 Å². The average molecular weight is 416 g/mol. The van der Waals surface area contributed by atoms with Crippen molar-refractivity contribution in [3.05, 3.63) is 59.0 Å². The van der Waals surface area contributed by atoms with Crippen LogP contribution in [0.25, 0.3) is 0 Å². The van der Waals surface area contributed by atoms with Gasteiger partial charge in [0, 0.05) is 37.4 Å². The number of pyridine rings is 1. The number of anilines is 5. The van der Waals surface area contributed by atoms with Gasteiger partial charge in [0.05, 0.1) is 10.7 Å².